The summed E-state index contributed by atoms with van der Waals surface area (Å²) in [5.41, 5.74) is 6.03. The molecule has 28 heavy (non-hydrogen) atoms. The second-order valence-electron chi connectivity index (χ2n) is 5.86. The molecule has 0 saturated carbocycles. The molecule has 146 valence electrons. The van der Waals surface area contributed by atoms with Gasteiger partial charge in [-0.15, -0.1) is 0 Å². The molecule has 0 aliphatic rings. The first-order valence-corrected chi connectivity index (χ1v) is 9.50. The van der Waals surface area contributed by atoms with Gasteiger partial charge in [-0.2, -0.15) is 0 Å². The molecule has 3 aromatic rings. The monoisotopic (exact) mass is 405 g/mol. The topological polar surface area (TPSA) is 139 Å². The Hall–Kier alpha value is -3.24. The number of carbonyl (C=O) groups is 1. The molecule has 8 nitrogen and oxygen atoms in total. The Labute approximate surface area is 159 Å². The maximum atomic E-state index is 14.2. The molecule has 0 fully saturated rings. The number of sulfonamides is 1. The van der Waals surface area contributed by atoms with Gasteiger partial charge >= 0.3 is 0 Å². The van der Waals surface area contributed by atoms with Crippen LogP contribution in [0.15, 0.2) is 51.9 Å². The number of halogens is 1. The number of aromatic nitrogens is 1. The van der Waals surface area contributed by atoms with Crippen LogP contribution in [0.1, 0.15) is 5.76 Å². The molecule has 0 aliphatic heterocycles. The van der Waals surface area contributed by atoms with Crippen LogP contribution in [-0.2, 0) is 21.2 Å². The Morgan fingerprint density at radius 2 is 1.96 bits per heavy atom. The van der Waals surface area contributed by atoms with Gasteiger partial charge in [0.05, 0.1) is 24.0 Å². The van der Waals surface area contributed by atoms with E-state index in [-0.39, 0.29) is 45.2 Å². The normalized spacial score (nSPS) is 11.4. The van der Waals surface area contributed by atoms with Gasteiger partial charge in [0.1, 0.15) is 5.69 Å². The molecule has 0 radical (unpaired) electrons. The number of nitrogens with two attached hydrogens (primary N) is 2. The van der Waals surface area contributed by atoms with Crippen LogP contribution in [0.3, 0.4) is 0 Å². The van der Waals surface area contributed by atoms with Crippen molar-refractivity contribution < 1.29 is 26.9 Å². The maximum Gasteiger partial charge on any atom is 0.238 e. The quantitative estimate of drug-likeness (QED) is 0.641. The molecule has 0 saturated heterocycles. The van der Waals surface area contributed by atoms with Crippen molar-refractivity contribution in [2.24, 2.45) is 10.9 Å². The van der Waals surface area contributed by atoms with Gasteiger partial charge in [0.2, 0.25) is 15.9 Å². The molecular formula is C18H16FN3O5S. The van der Waals surface area contributed by atoms with E-state index in [4.69, 9.17) is 20.1 Å². The van der Waals surface area contributed by atoms with Gasteiger partial charge in [-0.3, -0.25) is 4.79 Å². The number of carbonyl (C=O) groups excluding carboxylic acids is 1. The zero-order chi connectivity index (χ0) is 20.5. The van der Waals surface area contributed by atoms with Gasteiger partial charge in [0.15, 0.2) is 17.3 Å². The third-order valence-electron chi connectivity index (χ3n) is 3.99. The zero-order valence-corrected chi connectivity index (χ0v) is 15.5. The molecule has 0 bridgehead atoms. The molecule has 1 aromatic heterocycles. The number of amides is 1. The first kappa shape index (κ1) is 19.5. The standard InChI is InChI=1S/C18H16FN3O5S/c1-26-13-7-6-10(8-12(13)19)18-17(14(27-22-18)9-16(20)23)11-4-2-3-5-15(11)28(21,24)25/h2-8H,9H2,1H3,(H2,20,23)(H2,21,24,25). The lowest BCUT2D eigenvalue weighted by atomic mass is 9.97. The van der Waals surface area contributed by atoms with Gasteiger partial charge in [0.25, 0.3) is 0 Å². The smallest absolute Gasteiger partial charge is 0.238 e. The van der Waals surface area contributed by atoms with Crippen LogP contribution in [-0.4, -0.2) is 26.6 Å². The molecule has 0 aliphatic carbocycles. The Kier molecular flexibility index (Phi) is 5.16. The largest absolute Gasteiger partial charge is 0.494 e. The van der Waals surface area contributed by atoms with E-state index < -0.39 is 21.7 Å². The molecule has 10 heteroatoms. The van der Waals surface area contributed by atoms with Crippen LogP contribution in [0.5, 0.6) is 5.75 Å². The fourth-order valence-corrected chi connectivity index (χ4v) is 3.56. The van der Waals surface area contributed by atoms with Crippen molar-refractivity contribution in [1.29, 1.82) is 0 Å². The van der Waals surface area contributed by atoms with Crippen molar-refractivity contribution in [1.82, 2.24) is 5.16 Å². The van der Waals surface area contributed by atoms with Crippen molar-refractivity contribution in [3.63, 3.8) is 0 Å². The second kappa shape index (κ2) is 7.41. The van der Waals surface area contributed by atoms with Crippen molar-refractivity contribution in [3.05, 3.63) is 54.0 Å². The summed E-state index contributed by atoms with van der Waals surface area (Å²) < 4.78 is 48.4. The number of hydrogen-bond acceptors (Lipinski definition) is 6. The van der Waals surface area contributed by atoms with E-state index in [0.717, 1.165) is 6.07 Å². The molecule has 3 rings (SSSR count). The number of rotatable bonds is 6. The fraction of sp³-hybridized carbons (Fsp3) is 0.111. The highest BCUT2D eigenvalue weighted by Gasteiger charge is 2.26. The number of primary sulfonamides is 1. The molecule has 0 spiro atoms. The number of hydrogen-bond donors (Lipinski definition) is 2. The van der Waals surface area contributed by atoms with Crippen molar-refractivity contribution in [3.8, 4) is 28.1 Å². The highest BCUT2D eigenvalue weighted by molar-refractivity contribution is 7.89. The predicted molar refractivity (Wildman–Crippen MR) is 98.2 cm³/mol. The van der Waals surface area contributed by atoms with Crippen LogP contribution >= 0.6 is 0 Å². The van der Waals surface area contributed by atoms with E-state index in [1.54, 1.807) is 6.07 Å². The van der Waals surface area contributed by atoms with Crippen LogP contribution in [0.25, 0.3) is 22.4 Å². The number of nitrogens with zero attached hydrogens (tertiary/aromatic N) is 1. The third kappa shape index (κ3) is 3.73. The number of primary amides is 1. The lowest BCUT2D eigenvalue weighted by molar-refractivity contribution is -0.117. The second-order valence-corrected chi connectivity index (χ2v) is 7.39. The Morgan fingerprint density at radius 1 is 1.25 bits per heavy atom. The minimum Gasteiger partial charge on any atom is -0.494 e. The maximum absolute atomic E-state index is 14.2. The number of methoxy groups -OCH3 is 1. The van der Waals surface area contributed by atoms with Crippen LogP contribution in [0, 0.1) is 5.82 Å². The molecule has 0 unspecified atom stereocenters. The van der Waals surface area contributed by atoms with E-state index in [0.29, 0.717) is 0 Å². The van der Waals surface area contributed by atoms with Gasteiger partial charge in [-0.05, 0) is 24.3 Å². The summed E-state index contributed by atoms with van der Waals surface area (Å²) in [4.78, 5) is 11.2. The van der Waals surface area contributed by atoms with E-state index in [1.807, 2.05) is 0 Å². The SMILES string of the molecule is COc1ccc(-c2noc(CC(N)=O)c2-c2ccccc2S(N)(=O)=O)cc1F. The summed E-state index contributed by atoms with van der Waals surface area (Å²) >= 11 is 0. The van der Waals surface area contributed by atoms with E-state index in [9.17, 15) is 17.6 Å². The summed E-state index contributed by atoms with van der Waals surface area (Å²) in [6.07, 6.45) is -0.333. The van der Waals surface area contributed by atoms with Gasteiger partial charge in [0, 0.05) is 11.1 Å². The van der Waals surface area contributed by atoms with Gasteiger partial charge < -0.3 is 15.0 Å². The average Bonchev–Trinajstić information content (AvgIpc) is 3.03. The zero-order valence-electron chi connectivity index (χ0n) is 14.7. The van der Waals surface area contributed by atoms with E-state index >= 15 is 0 Å². The first-order chi connectivity index (χ1) is 13.2. The first-order valence-electron chi connectivity index (χ1n) is 7.95. The summed E-state index contributed by atoms with van der Waals surface area (Å²) in [5, 5.41) is 9.23. The molecular weight excluding hydrogens is 389 g/mol. The Balaban J connectivity index is 2.30. The van der Waals surface area contributed by atoms with E-state index in [2.05, 4.69) is 5.16 Å². The highest BCUT2D eigenvalue weighted by Crippen LogP contribution is 2.38. The number of ether oxygens (including phenoxy) is 1. The molecule has 4 N–H and O–H groups in total. The summed E-state index contributed by atoms with van der Waals surface area (Å²) in [5.74, 6) is -1.30. The summed E-state index contributed by atoms with van der Waals surface area (Å²) in [6, 6.07) is 9.96. The van der Waals surface area contributed by atoms with Gasteiger partial charge in [-0.25, -0.2) is 17.9 Å². The van der Waals surface area contributed by atoms with Crippen molar-refractivity contribution in [2.45, 2.75) is 11.3 Å². The highest BCUT2D eigenvalue weighted by atomic mass is 32.2. The van der Waals surface area contributed by atoms with E-state index in [1.165, 1.54) is 37.4 Å². The van der Waals surface area contributed by atoms with Gasteiger partial charge in [-0.1, -0.05) is 23.4 Å². The fourth-order valence-electron chi connectivity index (χ4n) is 2.81. The van der Waals surface area contributed by atoms with Crippen LogP contribution < -0.4 is 15.6 Å². The Morgan fingerprint density at radius 3 is 2.57 bits per heavy atom. The number of benzene rings is 2. The van der Waals surface area contributed by atoms with Crippen molar-refractivity contribution >= 4 is 15.9 Å². The average molecular weight is 405 g/mol. The van der Waals surface area contributed by atoms with Crippen LogP contribution in [0.4, 0.5) is 4.39 Å². The molecule has 0 atom stereocenters. The lowest BCUT2D eigenvalue weighted by Gasteiger charge is -2.10. The minimum absolute atomic E-state index is 0.0242. The summed E-state index contributed by atoms with van der Waals surface area (Å²) in [7, 11) is -2.78. The lowest BCUT2D eigenvalue weighted by Crippen LogP contribution is -2.15. The molecule has 1 heterocycles. The minimum atomic E-state index is -4.10. The molecule has 2 aromatic carbocycles. The molecule has 1 amide bonds. The third-order valence-corrected chi connectivity index (χ3v) is 4.95. The summed E-state index contributed by atoms with van der Waals surface area (Å²) in [6.45, 7) is 0. The van der Waals surface area contributed by atoms with Crippen molar-refractivity contribution in [2.75, 3.05) is 7.11 Å². The van der Waals surface area contributed by atoms with Crippen LogP contribution in [0.2, 0.25) is 0 Å². The Bertz CT molecular complexity index is 1160. The predicted octanol–water partition coefficient (Wildman–Crippen LogP) is 1.83.